The van der Waals surface area contributed by atoms with Crippen molar-refractivity contribution < 1.29 is 134 Å². The van der Waals surface area contributed by atoms with Gasteiger partial charge in [-0.2, -0.15) is 0 Å². The Balaban J connectivity index is 0.833. The summed E-state index contributed by atoms with van der Waals surface area (Å²) in [4.78, 5) is 15.2. The van der Waals surface area contributed by atoms with Gasteiger partial charge >= 0.3 is 5.97 Å². The molecule has 86 heavy (non-hydrogen) atoms. The van der Waals surface area contributed by atoms with Gasteiger partial charge in [0, 0.05) is 5.41 Å². The minimum Gasteiger partial charge on any atom is -0.432 e. The van der Waals surface area contributed by atoms with Crippen molar-refractivity contribution in [3.8, 4) is 0 Å². The average Bonchev–Trinajstić information content (AvgIpc) is 0.679. The number of allylic oxidation sites excluding steroid dienone is 2. The Bertz CT molecular complexity index is 2380. The fourth-order valence-corrected chi connectivity index (χ4v) is 17.6. The summed E-state index contributed by atoms with van der Waals surface area (Å²) in [6.07, 6.45) is -31.2. The Morgan fingerprint density at radius 1 is 0.558 bits per heavy atom. The molecule has 5 heterocycles. The number of esters is 1. The van der Waals surface area contributed by atoms with E-state index in [4.69, 9.17) is 47.4 Å². The van der Waals surface area contributed by atoms with E-state index in [0.29, 0.717) is 57.8 Å². The van der Waals surface area contributed by atoms with E-state index in [2.05, 4.69) is 40.7 Å². The average molecular weight is 1240 g/mol. The highest BCUT2D eigenvalue weighted by atomic mass is 16.8. The molecule has 0 unspecified atom stereocenters. The van der Waals surface area contributed by atoms with Crippen LogP contribution in [0.5, 0.6) is 0 Å². The molecular formula is C59H96O27. The molecule has 0 aromatic carbocycles. The minimum absolute atomic E-state index is 0.0953. The van der Waals surface area contributed by atoms with Gasteiger partial charge in [0.25, 0.3) is 0 Å². The highest BCUT2D eigenvalue weighted by Gasteiger charge is 2.71. The van der Waals surface area contributed by atoms with E-state index in [1.54, 1.807) is 0 Å². The fourth-order valence-electron chi connectivity index (χ4n) is 17.6. The molecule has 5 aliphatic carbocycles. The Morgan fingerprint density at radius 2 is 1.14 bits per heavy atom. The third-order valence-electron chi connectivity index (χ3n) is 23.2. The van der Waals surface area contributed by atoms with Gasteiger partial charge in [-0.1, -0.05) is 53.2 Å². The van der Waals surface area contributed by atoms with Gasteiger partial charge in [-0.25, -0.2) is 0 Å². The number of hydrogen-bond acceptors (Lipinski definition) is 27. The molecule has 5 saturated heterocycles. The predicted octanol–water partition coefficient (Wildman–Crippen LogP) is -3.57. The lowest BCUT2D eigenvalue weighted by atomic mass is 9.33. The molecular weight excluding hydrogens is 1140 g/mol. The van der Waals surface area contributed by atoms with Crippen LogP contribution in [0, 0.1) is 50.2 Å². The third-order valence-corrected chi connectivity index (χ3v) is 23.2. The zero-order valence-electron chi connectivity index (χ0n) is 50.0. The van der Waals surface area contributed by atoms with E-state index in [1.807, 2.05) is 6.92 Å². The van der Waals surface area contributed by atoms with Gasteiger partial charge in [-0.3, -0.25) is 4.79 Å². The molecule has 9 fully saturated rings. The fraction of sp³-hybridized carbons (Fsp3) is 0.949. The number of carbonyl (C=O) groups excluding carboxylic acids is 1. The van der Waals surface area contributed by atoms with Crippen molar-refractivity contribution in [2.45, 2.75) is 266 Å². The van der Waals surface area contributed by atoms with Gasteiger partial charge in [0.2, 0.25) is 6.29 Å². The molecule has 5 aliphatic heterocycles. The maximum absolute atomic E-state index is 15.2. The van der Waals surface area contributed by atoms with E-state index in [-0.39, 0.29) is 47.2 Å². The van der Waals surface area contributed by atoms with Crippen LogP contribution in [0.4, 0.5) is 0 Å². The molecule has 0 radical (unpaired) electrons. The van der Waals surface area contributed by atoms with Crippen molar-refractivity contribution in [2.24, 2.45) is 50.2 Å². The highest BCUT2D eigenvalue weighted by Crippen LogP contribution is 2.76. The van der Waals surface area contributed by atoms with Crippen LogP contribution in [0.15, 0.2) is 11.6 Å². The van der Waals surface area contributed by atoms with Gasteiger partial charge in [-0.05, 0) is 111 Å². The van der Waals surface area contributed by atoms with E-state index >= 15 is 4.79 Å². The summed E-state index contributed by atoms with van der Waals surface area (Å²) in [6.45, 7) is 12.0. The van der Waals surface area contributed by atoms with Crippen molar-refractivity contribution in [1.82, 2.24) is 0 Å². The zero-order valence-corrected chi connectivity index (χ0v) is 50.0. The molecule has 16 N–H and O–H groups in total. The largest absolute Gasteiger partial charge is 0.432 e. The Labute approximate surface area is 499 Å². The van der Waals surface area contributed by atoms with E-state index in [0.717, 1.165) is 6.42 Å². The molecule has 10 rings (SSSR count). The molecule has 494 valence electrons. The van der Waals surface area contributed by atoms with Crippen molar-refractivity contribution in [3.05, 3.63) is 11.6 Å². The van der Waals surface area contributed by atoms with Crippen molar-refractivity contribution in [3.63, 3.8) is 0 Å². The number of aliphatic hydroxyl groups excluding tert-OH is 16. The highest BCUT2D eigenvalue weighted by molar-refractivity contribution is 5.79. The third kappa shape index (κ3) is 11.2. The number of carbonyl (C=O) groups is 1. The van der Waals surface area contributed by atoms with Crippen LogP contribution < -0.4 is 0 Å². The summed E-state index contributed by atoms with van der Waals surface area (Å²) in [7, 11) is 0. The summed E-state index contributed by atoms with van der Waals surface area (Å²) < 4.78 is 59.2. The second-order valence-electron chi connectivity index (χ2n) is 28.5. The summed E-state index contributed by atoms with van der Waals surface area (Å²) in [5.74, 6) is -0.933. The molecule has 0 amide bonds. The number of rotatable bonds is 14. The number of hydrogen-bond donors (Lipinski definition) is 16. The van der Waals surface area contributed by atoms with Crippen LogP contribution >= 0.6 is 0 Å². The maximum atomic E-state index is 15.2. The van der Waals surface area contributed by atoms with Crippen LogP contribution in [0.1, 0.15) is 113 Å². The number of aliphatic hydroxyl groups is 16. The predicted molar refractivity (Wildman–Crippen MR) is 289 cm³/mol. The molecule has 0 bridgehead atoms. The zero-order chi connectivity index (χ0) is 62.7. The van der Waals surface area contributed by atoms with E-state index in [9.17, 15) is 81.7 Å². The molecule has 27 heteroatoms. The first kappa shape index (κ1) is 67.1. The normalized spacial score (nSPS) is 54.8. The van der Waals surface area contributed by atoms with Gasteiger partial charge in [0.05, 0.1) is 50.7 Å². The number of fused-ring (bicyclic) bond motifs is 7. The molecule has 0 aromatic rings. The first-order valence-corrected chi connectivity index (χ1v) is 30.8. The molecule has 4 saturated carbocycles. The van der Waals surface area contributed by atoms with Crippen molar-refractivity contribution in [1.29, 1.82) is 0 Å². The lowest BCUT2D eigenvalue weighted by Crippen LogP contribution is -2.67. The Kier molecular flexibility index (Phi) is 19.4. The standard InChI is InChI=1S/C59H96O27/c1-24-34(64)38(68)42(72)49(79-24)84-46-29(20-61)81-48(45(75)41(46)71)78-22-30-37(67)40(70)44(74)51(82-30)86-53(76)59-16-14-54(2,3)18-26(59)25-8-9-32-55(4)12-11-33(56(5,23-62)31(55)10-13-58(32,7)57(25,6)15-17-59)83-52-47(35(65)27(63)21-77-52)85-50-43(73)39(69)36(66)28(19-60)80-50/h8,24,26-52,60-75H,9-23H2,1-7H3/t24-,26+,27-,28+,29+,30+,31-,32+,33-,34-,35-,36+,37+,38+,39-,40-,41+,42+,43+,44+,45+,46+,47+,48+,49-,50-,51-,52-,55-,56-,57+,58+,59-/m0/s1. The lowest BCUT2D eigenvalue weighted by Gasteiger charge is -2.71. The Morgan fingerprint density at radius 3 is 1.80 bits per heavy atom. The summed E-state index contributed by atoms with van der Waals surface area (Å²) in [6, 6.07) is 0. The lowest BCUT2D eigenvalue weighted by molar-refractivity contribution is -0.368. The van der Waals surface area contributed by atoms with Gasteiger partial charge in [0.15, 0.2) is 25.2 Å². The summed E-state index contributed by atoms with van der Waals surface area (Å²) >= 11 is 0. The molecule has 0 aromatic heterocycles. The second kappa shape index (κ2) is 24.9. The molecule has 0 spiro atoms. The van der Waals surface area contributed by atoms with Gasteiger partial charge in [0.1, 0.15) is 110 Å². The smallest absolute Gasteiger partial charge is 0.315 e. The van der Waals surface area contributed by atoms with E-state index in [1.165, 1.54) is 12.5 Å². The van der Waals surface area contributed by atoms with Crippen molar-refractivity contribution >= 4 is 5.97 Å². The summed E-state index contributed by atoms with van der Waals surface area (Å²) in [5.41, 5.74) is -2.06. The minimum atomic E-state index is -1.91. The van der Waals surface area contributed by atoms with Crippen molar-refractivity contribution in [2.75, 3.05) is 33.0 Å². The molecule has 27 nitrogen and oxygen atoms in total. The van der Waals surface area contributed by atoms with E-state index < -0.39 is 196 Å². The van der Waals surface area contributed by atoms with Crippen LogP contribution in [0.2, 0.25) is 0 Å². The first-order valence-electron chi connectivity index (χ1n) is 30.8. The monoisotopic (exact) mass is 1240 g/mol. The maximum Gasteiger partial charge on any atom is 0.315 e. The quantitative estimate of drug-likeness (QED) is 0.0454. The topological polar surface area (TPSA) is 433 Å². The van der Waals surface area contributed by atoms with Gasteiger partial charge in [-0.15, -0.1) is 0 Å². The second-order valence-corrected chi connectivity index (χ2v) is 28.5. The van der Waals surface area contributed by atoms with Crippen LogP contribution in [-0.4, -0.2) is 274 Å². The molecule has 10 aliphatic rings. The Hall–Kier alpha value is -1.79. The van der Waals surface area contributed by atoms with Crippen LogP contribution in [0.25, 0.3) is 0 Å². The number of ether oxygens (including phenoxy) is 10. The van der Waals surface area contributed by atoms with Gasteiger partial charge < -0.3 is 129 Å². The van der Waals surface area contributed by atoms with Crippen LogP contribution in [0.3, 0.4) is 0 Å². The SMILES string of the molecule is C[C@@H]1O[C@@H](O[C@H]2[C@H](O)[C@@H](O)[C@H](OC[C@H]3O[C@@H](OC(=O)[C@]45CCC(C)(C)C[C@@H]4C4=CC[C@@H]6[C@@]7(C)CC[C@H](O[C@@H]8OC[C@H](O)[C@H](O)[C@H]8O[C@@H]8O[C@H](CO)[C@@H](O)[C@H](O)[C@H]8O)[C@@](C)(CO)[C@H]7CC[C@@]6(C)[C@]4(C)CC5)[C@H](O)[C@@H](O)[C@@H]3O)O[C@@H]2CO)[C@H](O)[C@H](O)[C@H]1O. The molecule has 33 atom stereocenters. The summed E-state index contributed by atoms with van der Waals surface area (Å²) in [5, 5.41) is 172. The first-order chi connectivity index (χ1) is 40.4. The van der Waals surface area contributed by atoms with Crippen LogP contribution in [-0.2, 0) is 52.2 Å².